The maximum atomic E-state index is 9.94. The topological polar surface area (TPSA) is 96.0 Å². The molecule has 0 saturated carbocycles. The molecular formula is C9H13N5O. The fraction of sp³-hybridized carbons (Fsp3) is 0.667. The third kappa shape index (κ3) is 1.38. The van der Waals surface area contributed by atoms with Gasteiger partial charge in [-0.15, -0.1) is 0 Å². The molecule has 6 heteroatoms. The molecule has 0 bridgehead atoms. The Labute approximate surface area is 88.0 Å². The first-order chi connectivity index (χ1) is 6.80. The number of azide groups is 1. The van der Waals surface area contributed by atoms with Crippen molar-refractivity contribution in [2.75, 3.05) is 0 Å². The highest BCUT2D eigenvalue weighted by atomic mass is 16.5. The number of hydroxylamine groups is 2. The molecule has 80 valence electrons. The summed E-state index contributed by atoms with van der Waals surface area (Å²) in [5, 5.41) is 23.5. The molecule has 0 amide bonds. The molecule has 0 aromatic heterocycles. The Morgan fingerprint density at radius 1 is 1.40 bits per heavy atom. The molecule has 1 aliphatic heterocycles. The van der Waals surface area contributed by atoms with Gasteiger partial charge in [-0.05, 0) is 33.2 Å². The molecule has 0 saturated heterocycles. The summed E-state index contributed by atoms with van der Waals surface area (Å²) in [5.41, 5.74) is 7.34. The van der Waals surface area contributed by atoms with Crippen molar-refractivity contribution in [3.05, 3.63) is 21.7 Å². The fourth-order valence-electron chi connectivity index (χ4n) is 1.91. The average molecular weight is 207 g/mol. The van der Waals surface area contributed by atoms with Crippen LogP contribution in [0.15, 0.2) is 16.4 Å². The number of hydrogen-bond donors (Lipinski definition) is 1. The minimum absolute atomic E-state index is 0.278. The fourth-order valence-corrected chi connectivity index (χ4v) is 1.91. The molecule has 0 radical (unpaired) electrons. The van der Waals surface area contributed by atoms with Crippen molar-refractivity contribution in [3.63, 3.8) is 0 Å². The first kappa shape index (κ1) is 11.5. The zero-order valence-electron chi connectivity index (χ0n) is 9.18. The van der Waals surface area contributed by atoms with E-state index in [0.29, 0.717) is 5.57 Å². The van der Waals surface area contributed by atoms with Crippen LogP contribution < -0.4 is 0 Å². The van der Waals surface area contributed by atoms with Gasteiger partial charge in [0.05, 0.1) is 28.4 Å². The van der Waals surface area contributed by atoms with Crippen LogP contribution in [0.25, 0.3) is 10.4 Å². The van der Waals surface area contributed by atoms with Crippen molar-refractivity contribution in [2.45, 2.75) is 38.8 Å². The first-order valence-corrected chi connectivity index (χ1v) is 4.49. The van der Waals surface area contributed by atoms with Crippen LogP contribution in [0.1, 0.15) is 27.7 Å². The van der Waals surface area contributed by atoms with Gasteiger partial charge in [0.25, 0.3) is 0 Å². The molecule has 1 aliphatic rings. The predicted molar refractivity (Wildman–Crippen MR) is 53.6 cm³/mol. The zero-order chi connectivity index (χ0) is 11.9. The van der Waals surface area contributed by atoms with Crippen LogP contribution in [0.2, 0.25) is 0 Å². The van der Waals surface area contributed by atoms with E-state index in [9.17, 15) is 5.21 Å². The van der Waals surface area contributed by atoms with Crippen LogP contribution in [0.5, 0.6) is 0 Å². The van der Waals surface area contributed by atoms with E-state index in [1.165, 1.54) is 0 Å². The van der Waals surface area contributed by atoms with Gasteiger partial charge < -0.3 is 5.21 Å². The Balaban J connectivity index is 3.51. The molecule has 1 rings (SSSR count). The Hall–Kier alpha value is -1.54. The van der Waals surface area contributed by atoms with Crippen molar-refractivity contribution in [1.82, 2.24) is 5.06 Å². The molecule has 6 nitrogen and oxygen atoms in total. The van der Waals surface area contributed by atoms with Crippen molar-refractivity contribution in [2.24, 2.45) is 5.11 Å². The predicted octanol–water partition coefficient (Wildman–Crippen LogP) is 2.34. The molecule has 0 aromatic carbocycles. The lowest BCUT2D eigenvalue weighted by Gasteiger charge is -2.35. The summed E-state index contributed by atoms with van der Waals surface area (Å²) in [4.78, 5) is 2.69. The normalized spacial score (nSPS) is 23.5. The first-order valence-electron chi connectivity index (χ1n) is 4.49. The molecule has 1 N–H and O–H groups in total. The third-order valence-corrected chi connectivity index (χ3v) is 2.74. The summed E-state index contributed by atoms with van der Waals surface area (Å²) in [6.07, 6.45) is 0. The highest BCUT2D eigenvalue weighted by Crippen LogP contribution is 2.43. The van der Waals surface area contributed by atoms with E-state index < -0.39 is 11.1 Å². The van der Waals surface area contributed by atoms with Crippen molar-refractivity contribution >= 4 is 0 Å². The van der Waals surface area contributed by atoms with Gasteiger partial charge in [-0.25, -0.2) is 0 Å². The molecular weight excluding hydrogens is 194 g/mol. The minimum atomic E-state index is -0.846. The van der Waals surface area contributed by atoms with E-state index >= 15 is 0 Å². The SMILES string of the molecule is CC1(C)C(C#N)=C(N=[N+]=[N-])C(C)(C)N1O. The summed E-state index contributed by atoms with van der Waals surface area (Å²) in [7, 11) is 0. The molecule has 0 fully saturated rings. The minimum Gasteiger partial charge on any atom is -0.312 e. The van der Waals surface area contributed by atoms with Gasteiger partial charge in [-0.3, -0.25) is 0 Å². The largest absolute Gasteiger partial charge is 0.312 e. The standard InChI is InChI=1S/C9H13N5O/c1-8(2)6(5-10)7(12-13-11)9(3,4)14(8)15/h15H,1-4H3. The van der Waals surface area contributed by atoms with E-state index in [2.05, 4.69) is 10.0 Å². The highest BCUT2D eigenvalue weighted by molar-refractivity contribution is 5.45. The Morgan fingerprint density at radius 2 is 1.93 bits per heavy atom. The molecule has 0 atom stereocenters. The van der Waals surface area contributed by atoms with Gasteiger partial charge in [0.1, 0.15) is 0 Å². The lowest BCUT2D eigenvalue weighted by molar-refractivity contribution is -0.186. The number of rotatable bonds is 1. The third-order valence-electron chi connectivity index (χ3n) is 2.74. The van der Waals surface area contributed by atoms with E-state index in [-0.39, 0.29) is 5.70 Å². The molecule has 0 aliphatic carbocycles. The van der Waals surface area contributed by atoms with E-state index in [1.54, 1.807) is 27.7 Å². The summed E-state index contributed by atoms with van der Waals surface area (Å²) >= 11 is 0. The van der Waals surface area contributed by atoms with Crippen molar-refractivity contribution < 1.29 is 5.21 Å². The Bertz CT molecular complexity index is 409. The van der Waals surface area contributed by atoms with E-state index in [0.717, 1.165) is 5.06 Å². The summed E-state index contributed by atoms with van der Waals surface area (Å²) in [5.74, 6) is 0. The Kier molecular flexibility index (Phi) is 2.49. The number of nitrogens with zero attached hydrogens (tertiary/aromatic N) is 5. The lowest BCUT2D eigenvalue weighted by atomic mass is 9.96. The zero-order valence-corrected chi connectivity index (χ0v) is 9.18. The second kappa shape index (κ2) is 3.24. The van der Waals surface area contributed by atoms with Gasteiger partial charge in [0.15, 0.2) is 0 Å². The lowest BCUT2D eigenvalue weighted by Crippen LogP contribution is -2.48. The summed E-state index contributed by atoms with van der Waals surface area (Å²) < 4.78 is 0. The summed E-state index contributed by atoms with van der Waals surface area (Å²) in [6.45, 7) is 6.80. The molecule has 0 aromatic rings. The maximum absolute atomic E-state index is 9.94. The molecule has 15 heavy (non-hydrogen) atoms. The van der Waals surface area contributed by atoms with Gasteiger partial charge in [-0.2, -0.15) is 10.3 Å². The smallest absolute Gasteiger partial charge is 0.0969 e. The van der Waals surface area contributed by atoms with Crippen LogP contribution in [0.4, 0.5) is 0 Å². The van der Waals surface area contributed by atoms with Gasteiger partial charge >= 0.3 is 0 Å². The van der Waals surface area contributed by atoms with Crippen LogP contribution in [0, 0.1) is 11.3 Å². The van der Waals surface area contributed by atoms with Crippen LogP contribution >= 0.6 is 0 Å². The second-order valence-corrected chi connectivity index (χ2v) is 4.45. The molecule has 0 unspecified atom stereocenters. The number of hydrogen-bond acceptors (Lipinski definition) is 4. The van der Waals surface area contributed by atoms with Crippen molar-refractivity contribution in [3.8, 4) is 6.07 Å². The van der Waals surface area contributed by atoms with E-state index in [4.69, 9.17) is 10.8 Å². The number of nitriles is 1. The maximum Gasteiger partial charge on any atom is 0.0969 e. The summed E-state index contributed by atoms with van der Waals surface area (Å²) in [6, 6.07) is 1.99. The van der Waals surface area contributed by atoms with Gasteiger partial charge in [0.2, 0.25) is 0 Å². The van der Waals surface area contributed by atoms with Crippen LogP contribution in [0.3, 0.4) is 0 Å². The quantitative estimate of drug-likeness (QED) is 0.406. The van der Waals surface area contributed by atoms with Gasteiger partial charge in [0, 0.05) is 4.91 Å². The van der Waals surface area contributed by atoms with Gasteiger partial charge in [-0.1, -0.05) is 5.11 Å². The van der Waals surface area contributed by atoms with E-state index in [1.807, 2.05) is 6.07 Å². The Morgan fingerprint density at radius 3 is 2.33 bits per heavy atom. The molecule has 0 spiro atoms. The van der Waals surface area contributed by atoms with Crippen LogP contribution in [-0.2, 0) is 0 Å². The monoisotopic (exact) mass is 207 g/mol. The van der Waals surface area contributed by atoms with Crippen molar-refractivity contribution in [1.29, 1.82) is 5.26 Å². The van der Waals surface area contributed by atoms with Crippen LogP contribution in [-0.4, -0.2) is 21.3 Å². The second-order valence-electron chi connectivity index (χ2n) is 4.45. The average Bonchev–Trinajstić information content (AvgIpc) is 2.26. The highest BCUT2D eigenvalue weighted by Gasteiger charge is 2.50. The molecule has 1 heterocycles.